The minimum atomic E-state index is 0.593. The van der Waals surface area contributed by atoms with Crippen LogP contribution in [-0.4, -0.2) is 47.6 Å². The molecule has 0 saturated carbocycles. The molecule has 3 rings (SSSR count). The predicted molar refractivity (Wildman–Crippen MR) is 82.5 cm³/mol. The Labute approximate surface area is 126 Å². The summed E-state index contributed by atoms with van der Waals surface area (Å²) in [6, 6.07) is 0.749. The van der Waals surface area contributed by atoms with Gasteiger partial charge in [-0.15, -0.1) is 0 Å². The lowest BCUT2D eigenvalue weighted by Crippen LogP contribution is -2.53. The average molecular weight is 295 g/mol. The van der Waals surface area contributed by atoms with Gasteiger partial charge in [-0.2, -0.15) is 0 Å². The van der Waals surface area contributed by atoms with Crippen molar-refractivity contribution in [3.05, 3.63) is 16.5 Å². The van der Waals surface area contributed by atoms with Gasteiger partial charge in [0.15, 0.2) is 0 Å². The molecule has 20 heavy (non-hydrogen) atoms. The lowest BCUT2D eigenvalue weighted by molar-refractivity contribution is 0.102. The van der Waals surface area contributed by atoms with Crippen molar-refractivity contribution in [3.8, 4) is 0 Å². The summed E-state index contributed by atoms with van der Waals surface area (Å²) in [6.45, 7) is 7.35. The molecule has 3 heterocycles. The van der Waals surface area contributed by atoms with Crippen LogP contribution in [0.1, 0.15) is 30.7 Å². The quantitative estimate of drug-likeness (QED) is 0.746. The third kappa shape index (κ3) is 2.51. The van der Waals surface area contributed by atoms with E-state index in [2.05, 4.69) is 26.8 Å². The van der Waals surface area contributed by atoms with E-state index in [0.29, 0.717) is 5.15 Å². The first-order valence-corrected chi connectivity index (χ1v) is 7.90. The first-order chi connectivity index (χ1) is 9.56. The third-order valence-corrected chi connectivity index (χ3v) is 5.19. The molecule has 0 radical (unpaired) electrons. The fraction of sp³-hybridized carbons (Fsp3) is 0.733. The molecule has 1 aromatic heterocycles. The van der Waals surface area contributed by atoms with Gasteiger partial charge < -0.3 is 9.80 Å². The SMILES string of the molecule is Cc1nc(Cl)c(C)c(N2CCC3C(CCCN3C)C2)n1. The highest BCUT2D eigenvalue weighted by atomic mass is 35.5. The lowest BCUT2D eigenvalue weighted by atomic mass is 9.84. The van der Waals surface area contributed by atoms with Crippen molar-refractivity contribution in [1.29, 1.82) is 0 Å². The lowest BCUT2D eigenvalue weighted by Gasteiger charge is -2.46. The Hall–Kier alpha value is -0.870. The van der Waals surface area contributed by atoms with Gasteiger partial charge in [0.2, 0.25) is 0 Å². The average Bonchev–Trinajstić information content (AvgIpc) is 2.43. The van der Waals surface area contributed by atoms with Crippen molar-refractivity contribution in [1.82, 2.24) is 14.9 Å². The largest absolute Gasteiger partial charge is 0.356 e. The van der Waals surface area contributed by atoms with Crippen LogP contribution in [0.15, 0.2) is 0 Å². The summed E-state index contributed by atoms with van der Waals surface area (Å²) in [5.74, 6) is 2.56. The molecule has 0 N–H and O–H groups in total. The fourth-order valence-corrected chi connectivity index (χ4v) is 3.94. The first kappa shape index (κ1) is 14.1. The zero-order valence-electron chi connectivity index (χ0n) is 12.6. The topological polar surface area (TPSA) is 32.3 Å². The number of hydrogen-bond donors (Lipinski definition) is 0. The Balaban J connectivity index is 1.83. The second-order valence-electron chi connectivity index (χ2n) is 6.20. The van der Waals surface area contributed by atoms with Crippen LogP contribution in [0.2, 0.25) is 5.15 Å². The van der Waals surface area contributed by atoms with E-state index in [1.165, 1.54) is 25.8 Å². The summed E-state index contributed by atoms with van der Waals surface area (Å²) in [5.41, 5.74) is 1.01. The van der Waals surface area contributed by atoms with Gasteiger partial charge >= 0.3 is 0 Å². The Morgan fingerprint density at radius 1 is 1.15 bits per heavy atom. The van der Waals surface area contributed by atoms with E-state index in [1.54, 1.807) is 0 Å². The van der Waals surface area contributed by atoms with E-state index in [4.69, 9.17) is 11.6 Å². The standard InChI is InChI=1S/C15H23ClN4/c1-10-14(16)17-11(2)18-15(10)20-8-6-13-12(9-20)5-4-7-19(13)3/h12-13H,4-9H2,1-3H3. The van der Waals surface area contributed by atoms with E-state index < -0.39 is 0 Å². The first-order valence-electron chi connectivity index (χ1n) is 7.52. The molecule has 110 valence electrons. The third-order valence-electron chi connectivity index (χ3n) is 4.82. The normalized spacial score (nSPS) is 27.5. The molecule has 2 unspecified atom stereocenters. The predicted octanol–water partition coefficient (Wildman–Crippen LogP) is 2.67. The molecule has 1 aromatic rings. The van der Waals surface area contributed by atoms with E-state index >= 15 is 0 Å². The van der Waals surface area contributed by atoms with Crippen molar-refractivity contribution >= 4 is 17.4 Å². The smallest absolute Gasteiger partial charge is 0.137 e. The zero-order chi connectivity index (χ0) is 14.3. The molecule has 2 aliphatic heterocycles. The molecule has 0 spiro atoms. The fourth-order valence-electron chi connectivity index (χ4n) is 3.73. The molecular weight excluding hydrogens is 272 g/mol. The molecular formula is C15H23ClN4. The summed E-state index contributed by atoms with van der Waals surface area (Å²) in [5, 5.41) is 0.593. The summed E-state index contributed by atoms with van der Waals surface area (Å²) in [6.07, 6.45) is 3.87. The van der Waals surface area contributed by atoms with Gasteiger partial charge in [0.1, 0.15) is 16.8 Å². The summed E-state index contributed by atoms with van der Waals surface area (Å²) in [4.78, 5) is 13.8. The zero-order valence-corrected chi connectivity index (χ0v) is 13.3. The molecule has 0 amide bonds. The molecule has 4 nitrogen and oxygen atoms in total. The molecule has 5 heteroatoms. The van der Waals surface area contributed by atoms with E-state index in [9.17, 15) is 0 Å². The van der Waals surface area contributed by atoms with E-state index in [-0.39, 0.29) is 0 Å². The second-order valence-corrected chi connectivity index (χ2v) is 6.55. The van der Waals surface area contributed by atoms with Crippen LogP contribution in [-0.2, 0) is 0 Å². The van der Waals surface area contributed by atoms with Gasteiger partial charge in [-0.3, -0.25) is 0 Å². The van der Waals surface area contributed by atoms with Crippen LogP contribution in [0.3, 0.4) is 0 Å². The number of halogens is 1. The molecule has 2 saturated heterocycles. The maximum Gasteiger partial charge on any atom is 0.137 e. The molecule has 2 fully saturated rings. The van der Waals surface area contributed by atoms with Crippen molar-refractivity contribution in [2.75, 3.05) is 31.6 Å². The molecule has 0 bridgehead atoms. The van der Waals surface area contributed by atoms with Crippen LogP contribution in [0.5, 0.6) is 0 Å². The number of likely N-dealkylation sites (tertiary alicyclic amines) is 1. The summed E-state index contributed by atoms with van der Waals surface area (Å²) in [7, 11) is 2.27. The molecule has 0 aliphatic carbocycles. The summed E-state index contributed by atoms with van der Waals surface area (Å²) < 4.78 is 0. The van der Waals surface area contributed by atoms with Gasteiger partial charge in [0.25, 0.3) is 0 Å². The van der Waals surface area contributed by atoms with Crippen LogP contribution in [0.4, 0.5) is 5.82 Å². The van der Waals surface area contributed by atoms with Crippen molar-refractivity contribution < 1.29 is 0 Å². The highest BCUT2D eigenvalue weighted by molar-refractivity contribution is 6.30. The second kappa shape index (κ2) is 5.49. The summed E-state index contributed by atoms with van der Waals surface area (Å²) >= 11 is 6.21. The number of nitrogens with zero attached hydrogens (tertiary/aromatic N) is 4. The van der Waals surface area contributed by atoms with Crippen LogP contribution >= 0.6 is 11.6 Å². The number of aromatic nitrogens is 2. The number of rotatable bonds is 1. The molecule has 0 aromatic carbocycles. The van der Waals surface area contributed by atoms with Gasteiger partial charge in [-0.25, -0.2) is 9.97 Å². The number of hydrogen-bond acceptors (Lipinski definition) is 4. The van der Waals surface area contributed by atoms with Crippen LogP contribution in [0, 0.1) is 19.8 Å². The van der Waals surface area contributed by atoms with Gasteiger partial charge in [0, 0.05) is 24.7 Å². The minimum absolute atomic E-state index is 0.593. The van der Waals surface area contributed by atoms with E-state index in [0.717, 1.165) is 42.3 Å². The van der Waals surface area contributed by atoms with Gasteiger partial charge in [-0.1, -0.05) is 11.6 Å². The van der Waals surface area contributed by atoms with Crippen molar-refractivity contribution in [2.45, 2.75) is 39.2 Å². The maximum absolute atomic E-state index is 6.21. The Kier molecular flexibility index (Phi) is 3.87. The van der Waals surface area contributed by atoms with Crippen LogP contribution < -0.4 is 4.90 Å². The highest BCUT2D eigenvalue weighted by Gasteiger charge is 2.35. The highest BCUT2D eigenvalue weighted by Crippen LogP contribution is 2.33. The minimum Gasteiger partial charge on any atom is -0.356 e. The molecule has 2 aliphatic rings. The van der Waals surface area contributed by atoms with Gasteiger partial charge in [0.05, 0.1) is 0 Å². The number of aryl methyl sites for hydroxylation is 1. The molecule has 2 atom stereocenters. The van der Waals surface area contributed by atoms with Gasteiger partial charge in [-0.05, 0) is 52.6 Å². The van der Waals surface area contributed by atoms with E-state index in [1.807, 2.05) is 13.8 Å². The monoisotopic (exact) mass is 294 g/mol. The number of piperidine rings is 2. The van der Waals surface area contributed by atoms with Crippen molar-refractivity contribution in [3.63, 3.8) is 0 Å². The maximum atomic E-state index is 6.21. The van der Waals surface area contributed by atoms with Crippen LogP contribution in [0.25, 0.3) is 0 Å². The number of fused-ring (bicyclic) bond motifs is 1. The Morgan fingerprint density at radius 2 is 1.95 bits per heavy atom. The Bertz CT molecular complexity index is 505. The Morgan fingerprint density at radius 3 is 2.75 bits per heavy atom. The number of anilines is 1. The van der Waals surface area contributed by atoms with Crippen molar-refractivity contribution in [2.24, 2.45) is 5.92 Å².